The standard InChI is InChI=1S/C9H17N5/c1-9(2)4-6(9)7(13-10)8-11-5-12-14(8)3/h5-7,13H,4,10H2,1-3H3. The van der Waals surface area contributed by atoms with Gasteiger partial charge in [0.2, 0.25) is 0 Å². The fourth-order valence-corrected chi connectivity index (χ4v) is 2.03. The zero-order valence-corrected chi connectivity index (χ0v) is 8.86. The number of hydrogen-bond donors (Lipinski definition) is 2. The third-order valence-corrected chi connectivity index (χ3v) is 3.20. The number of hydrogen-bond acceptors (Lipinski definition) is 4. The molecule has 1 fully saturated rings. The predicted octanol–water partition coefficient (Wildman–Crippen LogP) is 0.366. The number of nitrogens with one attached hydrogen (secondary N) is 1. The van der Waals surface area contributed by atoms with Crippen LogP contribution in [0, 0.1) is 11.3 Å². The molecule has 2 atom stereocenters. The van der Waals surface area contributed by atoms with E-state index in [1.54, 1.807) is 11.0 Å². The number of nitrogens with two attached hydrogens (primary N) is 1. The Morgan fingerprint density at radius 3 is 2.71 bits per heavy atom. The first-order valence-corrected chi connectivity index (χ1v) is 4.86. The Labute approximate surface area is 83.7 Å². The van der Waals surface area contributed by atoms with Gasteiger partial charge in [0, 0.05) is 7.05 Å². The van der Waals surface area contributed by atoms with Crippen LogP contribution >= 0.6 is 0 Å². The van der Waals surface area contributed by atoms with Crippen LogP contribution in [-0.4, -0.2) is 14.8 Å². The second-order valence-corrected chi connectivity index (χ2v) is 4.69. The molecule has 0 radical (unpaired) electrons. The molecule has 14 heavy (non-hydrogen) atoms. The van der Waals surface area contributed by atoms with Crippen molar-refractivity contribution in [3.63, 3.8) is 0 Å². The smallest absolute Gasteiger partial charge is 0.145 e. The van der Waals surface area contributed by atoms with Gasteiger partial charge in [-0.25, -0.2) is 10.4 Å². The molecule has 0 aliphatic heterocycles. The Morgan fingerprint density at radius 2 is 2.36 bits per heavy atom. The van der Waals surface area contributed by atoms with Gasteiger partial charge in [0.15, 0.2) is 0 Å². The van der Waals surface area contributed by atoms with Crippen molar-refractivity contribution in [1.82, 2.24) is 20.2 Å². The molecule has 1 aromatic heterocycles. The summed E-state index contributed by atoms with van der Waals surface area (Å²) in [4.78, 5) is 4.22. The highest BCUT2D eigenvalue weighted by Gasteiger charge is 2.51. The summed E-state index contributed by atoms with van der Waals surface area (Å²) in [6.45, 7) is 4.50. The van der Waals surface area contributed by atoms with Crippen LogP contribution < -0.4 is 11.3 Å². The van der Waals surface area contributed by atoms with Crippen molar-refractivity contribution in [3.05, 3.63) is 12.2 Å². The highest BCUT2D eigenvalue weighted by Crippen LogP contribution is 2.57. The van der Waals surface area contributed by atoms with Crippen LogP contribution in [0.4, 0.5) is 0 Å². The largest absolute Gasteiger partial charge is 0.271 e. The van der Waals surface area contributed by atoms with Crippen LogP contribution in [0.1, 0.15) is 32.1 Å². The summed E-state index contributed by atoms with van der Waals surface area (Å²) in [6, 6.07) is 0.123. The van der Waals surface area contributed by atoms with E-state index in [0.29, 0.717) is 11.3 Å². The van der Waals surface area contributed by atoms with Crippen LogP contribution in [0.5, 0.6) is 0 Å². The molecular formula is C9H17N5. The molecule has 0 bridgehead atoms. The zero-order chi connectivity index (χ0) is 10.3. The molecule has 1 aromatic rings. The molecule has 3 N–H and O–H groups in total. The maximum atomic E-state index is 5.56. The lowest BCUT2D eigenvalue weighted by Gasteiger charge is -2.16. The van der Waals surface area contributed by atoms with E-state index in [1.165, 1.54) is 6.42 Å². The average Bonchev–Trinajstić information content (AvgIpc) is 2.55. The van der Waals surface area contributed by atoms with Gasteiger partial charge in [0.25, 0.3) is 0 Å². The van der Waals surface area contributed by atoms with Gasteiger partial charge in [-0.15, -0.1) is 0 Å². The van der Waals surface area contributed by atoms with Crippen molar-refractivity contribution in [3.8, 4) is 0 Å². The maximum Gasteiger partial charge on any atom is 0.145 e. The summed E-state index contributed by atoms with van der Waals surface area (Å²) in [5, 5.41) is 4.05. The molecule has 5 nitrogen and oxygen atoms in total. The first-order valence-electron chi connectivity index (χ1n) is 4.86. The van der Waals surface area contributed by atoms with Crippen LogP contribution in [0.25, 0.3) is 0 Å². The van der Waals surface area contributed by atoms with Gasteiger partial charge in [-0.2, -0.15) is 5.10 Å². The quantitative estimate of drug-likeness (QED) is 0.540. The molecule has 5 heteroatoms. The number of aromatic nitrogens is 3. The molecule has 2 rings (SSSR count). The number of rotatable bonds is 3. The van der Waals surface area contributed by atoms with Crippen LogP contribution in [0.3, 0.4) is 0 Å². The minimum absolute atomic E-state index is 0.123. The summed E-state index contributed by atoms with van der Waals surface area (Å²) in [5.74, 6) is 7.05. The van der Waals surface area contributed by atoms with Crippen molar-refractivity contribution in [2.24, 2.45) is 24.2 Å². The summed E-state index contributed by atoms with van der Waals surface area (Å²) in [5.41, 5.74) is 3.22. The van der Waals surface area contributed by atoms with E-state index in [4.69, 9.17) is 5.84 Å². The van der Waals surface area contributed by atoms with Crippen molar-refractivity contribution in [2.45, 2.75) is 26.3 Å². The van der Waals surface area contributed by atoms with E-state index in [-0.39, 0.29) is 6.04 Å². The van der Waals surface area contributed by atoms with Crippen LogP contribution in [-0.2, 0) is 7.05 Å². The fourth-order valence-electron chi connectivity index (χ4n) is 2.03. The fraction of sp³-hybridized carbons (Fsp3) is 0.778. The lowest BCUT2D eigenvalue weighted by atomic mass is 10.0. The van der Waals surface area contributed by atoms with Gasteiger partial charge in [0.05, 0.1) is 6.04 Å². The Hall–Kier alpha value is -0.940. The second-order valence-electron chi connectivity index (χ2n) is 4.69. The number of nitrogens with zero attached hydrogens (tertiary/aromatic N) is 3. The van der Waals surface area contributed by atoms with Crippen molar-refractivity contribution < 1.29 is 0 Å². The Morgan fingerprint density at radius 1 is 1.71 bits per heavy atom. The molecular weight excluding hydrogens is 178 g/mol. The number of aryl methyl sites for hydroxylation is 1. The van der Waals surface area contributed by atoms with E-state index in [9.17, 15) is 0 Å². The van der Waals surface area contributed by atoms with Crippen molar-refractivity contribution >= 4 is 0 Å². The third-order valence-electron chi connectivity index (χ3n) is 3.20. The lowest BCUT2D eigenvalue weighted by molar-refractivity contribution is 0.395. The molecule has 78 valence electrons. The first kappa shape index (κ1) is 9.61. The van der Waals surface area contributed by atoms with Gasteiger partial charge in [-0.1, -0.05) is 13.8 Å². The number of hydrazine groups is 1. The summed E-state index contributed by atoms with van der Waals surface area (Å²) >= 11 is 0. The lowest BCUT2D eigenvalue weighted by Crippen LogP contribution is -2.32. The minimum Gasteiger partial charge on any atom is -0.271 e. The first-order chi connectivity index (χ1) is 6.56. The van der Waals surface area contributed by atoms with Gasteiger partial charge in [-0.05, 0) is 17.8 Å². The Bertz CT molecular complexity index is 330. The van der Waals surface area contributed by atoms with E-state index >= 15 is 0 Å². The zero-order valence-electron chi connectivity index (χ0n) is 8.86. The second kappa shape index (κ2) is 3.03. The summed E-state index contributed by atoms with van der Waals surface area (Å²) in [6.07, 6.45) is 2.75. The van der Waals surface area contributed by atoms with Crippen LogP contribution in [0.15, 0.2) is 6.33 Å². The highest BCUT2D eigenvalue weighted by atomic mass is 15.4. The van der Waals surface area contributed by atoms with Crippen molar-refractivity contribution in [1.29, 1.82) is 0 Å². The molecule has 2 unspecified atom stereocenters. The third kappa shape index (κ3) is 1.42. The Balaban J connectivity index is 2.20. The van der Waals surface area contributed by atoms with E-state index in [2.05, 4.69) is 29.4 Å². The van der Waals surface area contributed by atoms with E-state index in [0.717, 1.165) is 5.82 Å². The topological polar surface area (TPSA) is 68.8 Å². The molecule has 0 aromatic carbocycles. The monoisotopic (exact) mass is 195 g/mol. The predicted molar refractivity (Wildman–Crippen MR) is 53.0 cm³/mol. The van der Waals surface area contributed by atoms with Gasteiger partial charge >= 0.3 is 0 Å². The normalized spacial score (nSPS) is 26.1. The molecule has 1 saturated carbocycles. The summed E-state index contributed by atoms with van der Waals surface area (Å²) < 4.78 is 1.78. The molecule has 1 heterocycles. The SMILES string of the molecule is Cn1ncnc1C(NN)C1CC1(C)C. The average molecular weight is 195 g/mol. The maximum absolute atomic E-state index is 5.56. The Kier molecular flexibility index (Phi) is 2.08. The molecule has 0 saturated heterocycles. The summed E-state index contributed by atoms with van der Waals surface area (Å²) in [7, 11) is 1.89. The van der Waals surface area contributed by atoms with Gasteiger partial charge in [0.1, 0.15) is 12.2 Å². The molecule has 1 aliphatic rings. The van der Waals surface area contributed by atoms with Crippen molar-refractivity contribution in [2.75, 3.05) is 0 Å². The molecule has 0 spiro atoms. The van der Waals surface area contributed by atoms with E-state index < -0.39 is 0 Å². The van der Waals surface area contributed by atoms with E-state index in [1.807, 2.05) is 7.05 Å². The van der Waals surface area contributed by atoms with Gasteiger partial charge in [-0.3, -0.25) is 10.5 Å². The minimum atomic E-state index is 0.123. The molecule has 0 amide bonds. The highest BCUT2D eigenvalue weighted by molar-refractivity contribution is 5.08. The molecule has 1 aliphatic carbocycles. The van der Waals surface area contributed by atoms with Crippen LogP contribution in [0.2, 0.25) is 0 Å². The van der Waals surface area contributed by atoms with Gasteiger partial charge < -0.3 is 0 Å².